The van der Waals surface area contributed by atoms with Gasteiger partial charge in [0.05, 0.1) is 11.5 Å². The molecule has 2 amide bonds. The number of amidine groups is 2. The smallest absolute Gasteiger partial charge is 0.416 e. The molecule has 9 heteroatoms. The van der Waals surface area contributed by atoms with E-state index in [1.807, 2.05) is 0 Å². The van der Waals surface area contributed by atoms with Crippen molar-refractivity contribution in [3.8, 4) is 0 Å². The number of urea groups is 1. The lowest BCUT2D eigenvalue weighted by molar-refractivity contribution is -0.345. The van der Waals surface area contributed by atoms with Gasteiger partial charge in [-0.1, -0.05) is 4.99 Å². The van der Waals surface area contributed by atoms with Crippen molar-refractivity contribution in [1.82, 2.24) is 4.90 Å². The topological polar surface area (TPSA) is 70.8 Å². The first-order chi connectivity index (χ1) is 12.2. The Balaban J connectivity index is 1.44. The van der Waals surface area contributed by atoms with Crippen LogP contribution in [0.1, 0.15) is 25.3 Å². The molecule has 6 nitrogen and oxygen atoms in total. The number of benzene rings is 1. The highest BCUT2D eigenvalue weighted by Gasteiger charge is 2.51. The van der Waals surface area contributed by atoms with Gasteiger partial charge in [0.2, 0.25) is 11.7 Å². The lowest BCUT2D eigenvalue weighted by Gasteiger charge is -2.34. The van der Waals surface area contributed by atoms with Gasteiger partial charge >= 0.3 is 12.2 Å². The van der Waals surface area contributed by atoms with E-state index >= 15 is 0 Å². The molecule has 1 aliphatic carbocycles. The number of fused-ring (bicyclic) bond motifs is 2. The molecule has 26 heavy (non-hydrogen) atoms. The fraction of sp³-hybridized carbons (Fsp3) is 0.471. The van der Waals surface area contributed by atoms with Gasteiger partial charge in [-0.2, -0.15) is 13.2 Å². The van der Waals surface area contributed by atoms with Gasteiger partial charge in [-0.25, -0.2) is 9.53 Å². The number of piperidine rings is 1. The Bertz CT molecular complexity index is 816. The first kappa shape index (κ1) is 16.9. The SMILES string of the molecule is CC1=NC(C2CC3CC2N(C(=O)Nc2ccc(C(F)(F)F)cc2)C3)=[N+]1[O-]. The molecule has 3 atom stereocenters. The van der Waals surface area contributed by atoms with Crippen LogP contribution in [0.4, 0.5) is 23.7 Å². The van der Waals surface area contributed by atoms with Crippen LogP contribution in [0.3, 0.4) is 0 Å². The first-order valence-corrected chi connectivity index (χ1v) is 8.38. The maximum atomic E-state index is 12.6. The van der Waals surface area contributed by atoms with Crippen LogP contribution in [0.15, 0.2) is 29.3 Å². The summed E-state index contributed by atoms with van der Waals surface area (Å²) < 4.78 is 38.6. The summed E-state index contributed by atoms with van der Waals surface area (Å²) in [6.45, 7) is 2.22. The van der Waals surface area contributed by atoms with Crippen LogP contribution in [-0.2, 0) is 6.18 Å². The molecule has 3 aliphatic rings. The average molecular weight is 366 g/mol. The number of nitrogens with one attached hydrogen (secondary N) is 1. The maximum absolute atomic E-state index is 12.6. The van der Waals surface area contributed by atoms with E-state index in [1.54, 1.807) is 11.8 Å². The Kier molecular flexibility index (Phi) is 3.71. The molecule has 1 aromatic rings. The zero-order valence-electron chi connectivity index (χ0n) is 14.0. The van der Waals surface area contributed by atoms with Gasteiger partial charge in [-0.3, -0.25) is 0 Å². The number of aliphatic imine (C=N–C) groups is 1. The number of likely N-dealkylation sites (tertiary alicyclic amines) is 1. The van der Waals surface area contributed by atoms with E-state index in [1.165, 1.54) is 12.1 Å². The molecule has 2 heterocycles. The predicted molar refractivity (Wildman–Crippen MR) is 88.9 cm³/mol. The highest BCUT2D eigenvalue weighted by atomic mass is 19.4. The second-order valence-corrected chi connectivity index (χ2v) is 6.98. The lowest BCUT2D eigenvalue weighted by Crippen LogP contribution is -2.49. The number of rotatable bonds is 2. The number of hydroxylamine groups is 1. The quantitative estimate of drug-likeness (QED) is 0.645. The van der Waals surface area contributed by atoms with Crippen LogP contribution in [0, 0.1) is 17.0 Å². The number of amides is 2. The fourth-order valence-corrected chi connectivity index (χ4v) is 4.09. The molecule has 4 rings (SSSR count). The molecule has 1 saturated heterocycles. The lowest BCUT2D eigenvalue weighted by atomic mass is 9.96. The number of carbonyl (C=O) groups excluding carboxylic acids is 1. The minimum absolute atomic E-state index is 0.0756. The van der Waals surface area contributed by atoms with Crippen LogP contribution < -0.4 is 5.32 Å². The number of halogens is 3. The van der Waals surface area contributed by atoms with Gasteiger partial charge in [0, 0.05) is 25.2 Å². The van der Waals surface area contributed by atoms with E-state index in [0.29, 0.717) is 29.8 Å². The second-order valence-electron chi connectivity index (χ2n) is 6.98. The van der Waals surface area contributed by atoms with Crippen LogP contribution in [-0.4, -0.2) is 39.9 Å². The Morgan fingerprint density at radius 3 is 2.54 bits per heavy atom. The van der Waals surface area contributed by atoms with Crippen molar-refractivity contribution in [2.45, 2.75) is 32.0 Å². The largest absolute Gasteiger partial charge is 0.740 e. The average Bonchev–Trinajstić information content (AvgIpc) is 3.19. The molecular weight excluding hydrogens is 349 g/mol. The van der Waals surface area contributed by atoms with Crippen molar-refractivity contribution >= 4 is 23.4 Å². The number of hydrogen-bond acceptors (Lipinski definition) is 3. The molecule has 1 N–H and O–H groups in total. The van der Waals surface area contributed by atoms with Crippen LogP contribution in [0.5, 0.6) is 0 Å². The van der Waals surface area contributed by atoms with Gasteiger partial charge < -0.3 is 15.4 Å². The molecule has 0 radical (unpaired) electrons. The summed E-state index contributed by atoms with van der Waals surface area (Å²) in [5, 5.41) is 14.5. The van der Waals surface area contributed by atoms with E-state index in [-0.39, 0.29) is 18.0 Å². The third-order valence-corrected chi connectivity index (χ3v) is 5.32. The summed E-state index contributed by atoms with van der Waals surface area (Å²) in [7, 11) is 0. The number of carbonyl (C=O) groups is 1. The van der Waals surface area contributed by atoms with Crippen LogP contribution in [0.2, 0.25) is 0 Å². The van der Waals surface area contributed by atoms with E-state index in [9.17, 15) is 23.2 Å². The Hall–Kier alpha value is -2.58. The highest BCUT2D eigenvalue weighted by molar-refractivity contribution is 6.02. The maximum Gasteiger partial charge on any atom is 0.416 e. The van der Waals surface area contributed by atoms with Crippen molar-refractivity contribution in [3.05, 3.63) is 35.0 Å². The van der Waals surface area contributed by atoms with Crippen LogP contribution >= 0.6 is 0 Å². The monoisotopic (exact) mass is 366 g/mol. The second kappa shape index (κ2) is 5.72. The minimum atomic E-state index is -4.41. The van der Waals surface area contributed by atoms with Crippen molar-refractivity contribution in [2.24, 2.45) is 16.8 Å². The zero-order chi connectivity index (χ0) is 18.6. The molecule has 2 fully saturated rings. The normalized spacial score (nSPS) is 27.5. The molecule has 1 aromatic carbocycles. The Labute approximate surface area is 147 Å². The van der Waals surface area contributed by atoms with E-state index < -0.39 is 11.7 Å². The fourth-order valence-electron chi connectivity index (χ4n) is 4.09. The third-order valence-electron chi connectivity index (χ3n) is 5.32. The van der Waals surface area contributed by atoms with Gasteiger partial charge in [-0.15, -0.1) is 0 Å². The van der Waals surface area contributed by atoms with E-state index in [4.69, 9.17) is 0 Å². The van der Waals surface area contributed by atoms with Crippen molar-refractivity contribution in [3.63, 3.8) is 0 Å². The van der Waals surface area contributed by atoms with Crippen molar-refractivity contribution in [1.29, 1.82) is 0 Å². The summed E-state index contributed by atoms with van der Waals surface area (Å²) in [5.74, 6) is 1.14. The van der Waals surface area contributed by atoms with E-state index in [2.05, 4.69) is 10.3 Å². The number of nitrogens with zero attached hydrogens (tertiary/aromatic N) is 3. The van der Waals surface area contributed by atoms with E-state index in [0.717, 1.165) is 29.7 Å². The molecule has 0 spiro atoms. The molecule has 3 unspecified atom stereocenters. The molecule has 0 aromatic heterocycles. The predicted octanol–water partition coefficient (Wildman–Crippen LogP) is 3.29. The zero-order valence-corrected chi connectivity index (χ0v) is 14.0. The molecular formula is C17H17F3N4O2. The van der Waals surface area contributed by atoms with Crippen molar-refractivity contribution < 1.29 is 22.7 Å². The summed E-state index contributed by atoms with van der Waals surface area (Å²) >= 11 is 0. The Morgan fingerprint density at radius 1 is 1.31 bits per heavy atom. The molecule has 1 saturated carbocycles. The Morgan fingerprint density at radius 2 is 2.00 bits per heavy atom. The summed E-state index contributed by atoms with van der Waals surface area (Å²) in [6, 6.07) is 3.88. The van der Waals surface area contributed by atoms with Gasteiger partial charge in [0.15, 0.2) is 0 Å². The summed E-state index contributed by atoms with van der Waals surface area (Å²) in [5.41, 5.74) is -0.459. The van der Waals surface area contributed by atoms with Gasteiger partial charge in [-0.05, 0) is 43.0 Å². The first-order valence-electron chi connectivity index (χ1n) is 8.38. The summed E-state index contributed by atoms with van der Waals surface area (Å²) in [4.78, 5) is 18.4. The highest BCUT2D eigenvalue weighted by Crippen LogP contribution is 2.43. The molecule has 2 aliphatic heterocycles. The molecule has 2 bridgehead atoms. The summed E-state index contributed by atoms with van der Waals surface area (Å²) in [6.07, 6.45) is -2.76. The van der Waals surface area contributed by atoms with Crippen molar-refractivity contribution in [2.75, 3.05) is 11.9 Å². The standard InChI is InChI=1S/C17H17F3N4O2/c1-9-21-15(24(9)26)13-6-10-7-14(13)23(8-10)16(25)22-12-4-2-11(3-5-12)17(18,19)20/h2-5,10,13-14H,6-8H2,1H3,(H,22,25). The van der Waals surface area contributed by atoms with Gasteiger partial charge in [0.1, 0.15) is 0 Å². The number of alkyl halides is 3. The van der Waals surface area contributed by atoms with Gasteiger partial charge in [0.25, 0.3) is 0 Å². The molecule has 138 valence electrons. The number of anilines is 1. The minimum Gasteiger partial charge on any atom is -0.740 e. The third kappa shape index (κ3) is 2.71. The van der Waals surface area contributed by atoms with Crippen LogP contribution in [0.25, 0.3) is 0 Å². The number of hydrogen-bond donors (Lipinski definition) is 1.